The molecular formula is C24H29FN4O3. The van der Waals surface area contributed by atoms with Gasteiger partial charge in [-0.15, -0.1) is 0 Å². The number of morpholine rings is 1. The minimum Gasteiger partial charge on any atom is -0.379 e. The number of carbonyl (C=O) groups excluding carboxylic acids is 1. The first kappa shape index (κ1) is 22.2. The molecule has 0 aliphatic carbocycles. The number of rotatable bonds is 8. The molecule has 1 amide bonds. The zero-order valence-corrected chi connectivity index (χ0v) is 18.3. The van der Waals surface area contributed by atoms with Crippen LogP contribution < -0.4 is 11.0 Å². The number of nitrogens with one attached hydrogen (secondary N) is 1. The molecule has 0 bridgehead atoms. The standard InChI is InChI=1S/C24H29FN4O3/c1-2-28-20-8-3-4-9-21(20)29(24(28)31)11-10-23(30)26-17-22(27-12-14-32-15-13-27)18-6-5-7-19(25)16-18/h3-9,16,22H,2,10-15,17H2,1H3,(H,26,30). The third kappa shape index (κ3) is 4.76. The summed E-state index contributed by atoms with van der Waals surface area (Å²) in [6.45, 7) is 5.87. The SMILES string of the molecule is CCn1c(=O)n(CCC(=O)NCC(c2cccc(F)c2)N2CCOCC2)c2ccccc21. The number of hydrogen-bond donors (Lipinski definition) is 1. The van der Waals surface area contributed by atoms with Crippen LogP contribution in [0.15, 0.2) is 53.3 Å². The lowest BCUT2D eigenvalue weighted by Gasteiger charge is -2.35. The largest absolute Gasteiger partial charge is 0.379 e. The van der Waals surface area contributed by atoms with Gasteiger partial charge in [0.05, 0.1) is 30.3 Å². The van der Waals surface area contributed by atoms with Crippen LogP contribution in [0.3, 0.4) is 0 Å². The van der Waals surface area contributed by atoms with Crippen molar-refractivity contribution >= 4 is 16.9 Å². The summed E-state index contributed by atoms with van der Waals surface area (Å²) in [4.78, 5) is 27.6. The van der Waals surface area contributed by atoms with Crippen LogP contribution in [-0.2, 0) is 22.6 Å². The maximum atomic E-state index is 13.8. The van der Waals surface area contributed by atoms with E-state index in [9.17, 15) is 14.0 Å². The zero-order chi connectivity index (χ0) is 22.5. The average Bonchev–Trinajstić information content (AvgIpc) is 3.09. The number of hydrogen-bond acceptors (Lipinski definition) is 4. The van der Waals surface area contributed by atoms with Gasteiger partial charge < -0.3 is 10.1 Å². The molecule has 1 aliphatic rings. The average molecular weight is 441 g/mol. The quantitative estimate of drug-likeness (QED) is 0.585. The van der Waals surface area contributed by atoms with Crippen molar-refractivity contribution in [2.24, 2.45) is 0 Å². The molecule has 1 aromatic heterocycles. The summed E-state index contributed by atoms with van der Waals surface area (Å²) in [5, 5.41) is 2.99. The second-order valence-corrected chi connectivity index (χ2v) is 7.94. The van der Waals surface area contributed by atoms with Crippen LogP contribution >= 0.6 is 0 Å². The van der Waals surface area contributed by atoms with Gasteiger partial charge in [-0.25, -0.2) is 9.18 Å². The molecule has 8 heteroatoms. The first-order valence-corrected chi connectivity index (χ1v) is 11.1. The molecular weight excluding hydrogens is 411 g/mol. The lowest BCUT2D eigenvalue weighted by atomic mass is 10.0. The van der Waals surface area contributed by atoms with E-state index in [1.807, 2.05) is 37.3 Å². The second-order valence-electron chi connectivity index (χ2n) is 7.94. The van der Waals surface area contributed by atoms with Gasteiger partial charge in [-0.1, -0.05) is 24.3 Å². The summed E-state index contributed by atoms with van der Waals surface area (Å²) < 4.78 is 22.6. The molecule has 0 spiro atoms. The van der Waals surface area contributed by atoms with Crippen molar-refractivity contribution in [3.05, 3.63) is 70.4 Å². The Kier molecular flexibility index (Phi) is 7.02. The fraction of sp³-hybridized carbons (Fsp3) is 0.417. The predicted molar refractivity (Wildman–Crippen MR) is 121 cm³/mol. The topological polar surface area (TPSA) is 68.5 Å². The highest BCUT2D eigenvalue weighted by Gasteiger charge is 2.23. The van der Waals surface area contributed by atoms with E-state index in [4.69, 9.17) is 4.74 Å². The van der Waals surface area contributed by atoms with Gasteiger partial charge in [0.25, 0.3) is 0 Å². The molecule has 0 saturated carbocycles. The van der Waals surface area contributed by atoms with Crippen LogP contribution in [0.25, 0.3) is 11.0 Å². The number of amides is 1. The number of imidazole rings is 1. The number of aromatic nitrogens is 2. The van der Waals surface area contributed by atoms with E-state index in [1.54, 1.807) is 15.2 Å². The molecule has 1 aliphatic heterocycles. The highest BCUT2D eigenvalue weighted by Crippen LogP contribution is 2.22. The van der Waals surface area contributed by atoms with E-state index < -0.39 is 0 Å². The lowest BCUT2D eigenvalue weighted by Crippen LogP contribution is -2.44. The van der Waals surface area contributed by atoms with Crippen LogP contribution in [0.2, 0.25) is 0 Å². The van der Waals surface area contributed by atoms with Gasteiger partial charge in [0.1, 0.15) is 5.82 Å². The normalized spacial score (nSPS) is 15.7. The van der Waals surface area contributed by atoms with Crippen LogP contribution in [0, 0.1) is 5.82 Å². The fourth-order valence-corrected chi connectivity index (χ4v) is 4.37. The number of nitrogens with zero attached hydrogens (tertiary/aromatic N) is 3. The van der Waals surface area contributed by atoms with Crippen molar-refractivity contribution in [1.29, 1.82) is 0 Å². The summed E-state index contributed by atoms with van der Waals surface area (Å²) in [6.07, 6.45) is 0.191. The van der Waals surface area contributed by atoms with Gasteiger partial charge in [-0.2, -0.15) is 0 Å². The molecule has 1 N–H and O–H groups in total. The van der Waals surface area contributed by atoms with E-state index >= 15 is 0 Å². The maximum absolute atomic E-state index is 13.8. The monoisotopic (exact) mass is 440 g/mol. The summed E-state index contributed by atoms with van der Waals surface area (Å²) in [5.41, 5.74) is 2.43. The number of carbonyl (C=O) groups is 1. The van der Waals surface area contributed by atoms with E-state index in [-0.39, 0.29) is 29.9 Å². The van der Waals surface area contributed by atoms with E-state index in [0.717, 1.165) is 29.7 Å². The number of halogens is 1. The third-order valence-corrected chi connectivity index (χ3v) is 6.02. The number of fused-ring (bicyclic) bond motifs is 1. The van der Waals surface area contributed by atoms with Gasteiger partial charge in [0.2, 0.25) is 5.91 Å². The van der Waals surface area contributed by atoms with Gasteiger partial charge in [0, 0.05) is 39.1 Å². The molecule has 1 fully saturated rings. The van der Waals surface area contributed by atoms with Crippen molar-refractivity contribution in [3.8, 4) is 0 Å². The molecule has 3 aromatic rings. The molecule has 1 saturated heterocycles. The molecule has 1 atom stereocenters. The zero-order valence-electron chi connectivity index (χ0n) is 18.3. The fourth-order valence-electron chi connectivity index (χ4n) is 4.37. The molecule has 4 rings (SSSR count). The maximum Gasteiger partial charge on any atom is 0.329 e. The van der Waals surface area contributed by atoms with Gasteiger partial charge in [-0.05, 0) is 36.8 Å². The van der Waals surface area contributed by atoms with Crippen LogP contribution in [-0.4, -0.2) is 52.8 Å². The van der Waals surface area contributed by atoms with Crippen molar-refractivity contribution in [3.63, 3.8) is 0 Å². The Morgan fingerprint density at radius 3 is 2.50 bits per heavy atom. The Balaban J connectivity index is 1.43. The summed E-state index contributed by atoms with van der Waals surface area (Å²) in [5.74, 6) is -0.432. The minimum absolute atomic E-state index is 0.104. The van der Waals surface area contributed by atoms with Crippen LogP contribution in [0.4, 0.5) is 4.39 Å². The van der Waals surface area contributed by atoms with E-state index in [2.05, 4.69) is 10.2 Å². The van der Waals surface area contributed by atoms with Crippen molar-refractivity contribution in [2.45, 2.75) is 32.5 Å². The first-order valence-electron chi connectivity index (χ1n) is 11.1. The van der Waals surface area contributed by atoms with Gasteiger partial charge in [0.15, 0.2) is 0 Å². The Morgan fingerprint density at radius 2 is 1.81 bits per heavy atom. The van der Waals surface area contributed by atoms with E-state index in [0.29, 0.717) is 32.8 Å². The minimum atomic E-state index is -0.293. The lowest BCUT2D eigenvalue weighted by molar-refractivity contribution is -0.121. The highest BCUT2D eigenvalue weighted by atomic mass is 19.1. The third-order valence-electron chi connectivity index (χ3n) is 6.02. The summed E-state index contributed by atoms with van der Waals surface area (Å²) in [7, 11) is 0. The number of ether oxygens (including phenoxy) is 1. The molecule has 32 heavy (non-hydrogen) atoms. The Bertz CT molecular complexity index is 1130. The highest BCUT2D eigenvalue weighted by molar-refractivity contribution is 5.78. The van der Waals surface area contributed by atoms with Crippen LogP contribution in [0.1, 0.15) is 24.9 Å². The van der Waals surface area contributed by atoms with Crippen LogP contribution in [0.5, 0.6) is 0 Å². The van der Waals surface area contributed by atoms with Gasteiger partial charge >= 0.3 is 5.69 Å². The molecule has 2 aromatic carbocycles. The molecule has 2 heterocycles. The van der Waals surface area contributed by atoms with Crippen molar-refractivity contribution in [2.75, 3.05) is 32.8 Å². The molecule has 170 valence electrons. The van der Waals surface area contributed by atoms with E-state index in [1.165, 1.54) is 12.1 Å². The Hall–Kier alpha value is -2.97. The number of aryl methyl sites for hydroxylation is 2. The summed E-state index contributed by atoms with van der Waals surface area (Å²) in [6, 6.07) is 14.0. The van der Waals surface area contributed by atoms with Crippen molar-refractivity contribution < 1.29 is 13.9 Å². The number of benzene rings is 2. The smallest absolute Gasteiger partial charge is 0.329 e. The van der Waals surface area contributed by atoms with Crippen molar-refractivity contribution in [1.82, 2.24) is 19.4 Å². The Morgan fingerprint density at radius 1 is 1.09 bits per heavy atom. The summed E-state index contributed by atoms with van der Waals surface area (Å²) >= 11 is 0. The second kappa shape index (κ2) is 10.1. The predicted octanol–water partition coefficient (Wildman–Crippen LogP) is 2.54. The molecule has 0 radical (unpaired) electrons. The van der Waals surface area contributed by atoms with Gasteiger partial charge in [-0.3, -0.25) is 18.8 Å². The number of para-hydroxylation sites is 2. The molecule has 7 nitrogen and oxygen atoms in total. The first-order chi connectivity index (χ1) is 15.6. The molecule has 1 unspecified atom stereocenters. The Labute approximate surface area is 186 Å².